The highest BCUT2D eigenvalue weighted by molar-refractivity contribution is 6.15. The smallest absolute Gasteiger partial charge is 0.247 e. The molecule has 0 spiro atoms. The van der Waals surface area contributed by atoms with Gasteiger partial charge in [-0.1, -0.05) is 19.3 Å². The van der Waals surface area contributed by atoms with E-state index in [2.05, 4.69) is 15.1 Å². The van der Waals surface area contributed by atoms with E-state index in [9.17, 15) is 0 Å². The minimum atomic E-state index is 0.275. The zero-order valence-corrected chi connectivity index (χ0v) is 20.6. The molecule has 2 aromatic carbocycles. The van der Waals surface area contributed by atoms with Crippen LogP contribution in [0.5, 0.6) is 0 Å². The van der Waals surface area contributed by atoms with Crippen LogP contribution in [-0.2, 0) is 0 Å². The van der Waals surface area contributed by atoms with Crippen molar-refractivity contribution < 1.29 is 8.83 Å². The first-order chi connectivity index (χ1) is 17.6. The lowest BCUT2D eigenvalue weighted by Crippen LogP contribution is -2.38. The Morgan fingerprint density at radius 2 is 1.89 bits per heavy atom. The number of nitrogens with zero attached hydrogens (tertiary/aromatic N) is 3. The second-order valence-corrected chi connectivity index (χ2v) is 10.4. The Balaban J connectivity index is 1.19. The number of nitrogen functional groups attached to an aromatic ring is 1. The molecule has 2 aromatic heterocycles. The maximum atomic E-state index is 8.81. The first kappa shape index (κ1) is 23.0. The van der Waals surface area contributed by atoms with Crippen LogP contribution >= 0.6 is 0 Å². The van der Waals surface area contributed by atoms with Gasteiger partial charge >= 0.3 is 0 Å². The molecule has 186 valence electrons. The molecule has 6 rings (SSSR count). The zero-order valence-electron chi connectivity index (χ0n) is 20.6. The van der Waals surface area contributed by atoms with Gasteiger partial charge in [-0.25, -0.2) is 0 Å². The van der Waals surface area contributed by atoms with E-state index in [1.807, 2.05) is 42.5 Å². The van der Waals surface area contributed by atoms with Crippen LogP contribution in [0, 0.1) is 11.3 Å². The second kappa shape index (κ2) is 9.90. The summed E-state index contributed by atoms with van der Waals surface area (Å²) < 4.78 is 11.6. The number of rotatable bonds is 6. The Kier molecular flexibility index (Phi) is 6.32. The van der Waals surface area contributed by atoms with Crippen LogP contribution < -0.4 is 5.73 Å². The second-order valence-electron chi connectivity index (χ2n) is 10.4. The summed E-state index contributed by atoms with van der Waals surface area (Å²) in [6, 6.07) is 13.2. The molecular formula is C29H33N5O2. The van der Waals surface area contributed by atoms with Crippen LogP contribution in [0.25, 0.3) is 22.4 Å². The van der Waals surface area contributed by atoms with Crippen molar-refractivity contribution >= 4 is 22.4 Å². The van der Waals surface area contributed by atoms with Gasteiger partial charge in [0.1, 0.15) is 5.58 Å². The lowest BCUT2D eigenvalue weighted by molar-refractivity contribution is 0.152. The summed E-state index contributed by atoms with van der Waals surface area (Å²) in [5.74, 6) is 2.32. The van der Waals surface area contributed by atoms with Crippen molar-refractivity contribution in [3.63, 3.8) is 0 Å². The van der Waals surface area contributed by atoms with Crippen LogP contribution in [0.1, 0.15) is 67.9 Å². The van der Waals surface area contributed by atoms with Gasteiger partial charge in [-0.2, -0.15) is 0 Å². The number of piperidine rings is 1. The molecule has 36 heavy (non-hydrogen) atoms. The Morgan fingerprint density at radius 3 is 2.78 bits per heavy atom. The van der Waals surface area contributed by atoms with Gasteiger partial charge < -0.3 is 19.5 Å². The standard InChI is InChI=1S/C29H33N5O2/c30-25-10-8-22(16-24(25)27(31)21-9-11-26-20(15-21)12-14-35-26)28-32-33-29(36-28)23-7-4-13-34(18-23)17-19-5-2-1-3-6-19/h8-12,14-16,19,23,31H,1-7,13,17-18,30H2/t23-/m1/s1. The average Bonchev–Trinajstić information content (AvgIpc) is 3.59. The lowest BCUT2D eigenvalue weighted by atomic mass is 9.88. The van der Waals surface area contributed by atoms with E-state index in [1.165, 1.54) is 51.6 Å². The molecule has 2 fully saturated rings. The summed E-state index contributed by atoms with van der Waals surface area (Å²) >= 11 is 0. The van der Waals surface area contributed by atoms with Gasteiger partial charge in [-0.3, -0.25) is 5.41 Å². The van der Waals surface area contributed by atoms with E-state index in [0.717, 1.165) is 46.9 Å². The molecule has 0 bridgehead atoms. The van der Waals surface area contributed by atoms with Crippen molar-refractivity contribution in [3.05, 3.63) is 65.7 Å². The summed E-state index contributed by atoms with van der Waals surface area (Å²) in [5.41, 5.74) is 10.2. The summed E-state index contributed by atoms with van der Waals surface area (Å²) in [5, 5.41) is 18.6. The van der Waals surface area contributed by atoms with Gasteiger partial charge in [0.05, 0.1) is 17.9 Å². The molecular weight excluding hydrogens is 450 g/mol. The molecule has 7 nitrogen and oxygen atoms in total. The van der Waals surface area contributed by atoms with Gasteiger partial charge in [0.15, 0.2) is 0 Å². The molecule has 1 saturated carbocycles. The number of hydrogen-bond donors (Lipinski definition) is 2. The zero-order chi connectivity index (χ0) is 24.5. The molecule has 1 saturated heterocycles. The molecule has 0 unspecified atom stereocenters. The van der Waals surface area contributed by atoms with Crippen molar-refractivity contribution in [2.24, 2.45) is 5.92 Å². The molecule has 0 radical (unpaired) electrons. The predicted octanol–water partition coefficient (Wildman–Crippen LogP) is 6.24. The summed E-state index contributed by atoms with van der Waals surface area (Å²) in [7, 11) is 0. The summed E-state index contributed by atoms with van der Waals surface area (Å²) in [4.78, 5) is 2.60. The number of likely N-dealkylation sites (tertiary alicyclic amines) is 1. The molecule has 3 N–H and O–H groups in total. The Labute approximate surface area is 211 Å². The van der Waals surface area contributed by atoms with Gasteiger partial charge in [0, 0.05) is 40.9 Å². The number of aromatic nitrogens is 2. The fourth-order valence-electron chi connectivity index (χ4n) is 5.86. The maximum absolute atomic E-state index is 8.81. The highest BCUT2D eigenvalue weighted by atomic mass is 16.4. The first-order valence-electron chi connectivity index (χ1n) is 13.2. The Morgan fingerprint density at radius 1 is 1.00 bits per heavy atom. The number of fused-ring (bicyclic) bond motifs is 1. The Hall–Kier alpha value is -3.45. The van der Waals surface area contributed by atoms with Crippen molar-refractivity contribution in [2.75, 3.05) is 25.4 Å². The highest BCUT2D eigenvalue weighted by Crippen LogP contribution is 2.32. The van der Waals surface area contributed by atoms with Crippen LogP contribution in [0.4, 0.5) is 5.69 Å². The molecule has 1 aliphatic carbocycles. The van der Waals surface area contributed by atoms with E-state index >= 15 is 0 Å². The monoisotopic (exact) mass is 483 g/mol. The average molecular weight is 484 g/mol. The topological polar surface area (TPSA) is 105 Å². The third-order valence-electron chi connectivity index (χ3n) is 7.85. The normalized spacial score (nSPS) is 19.6. The van der Waals surface area contributed by atoms with E-state index in [-0.39, 0.29) is 5.92 Å². The van der Waals surface area contributed by atoms with E-state index in [4.69, 9.17) is 20.0 Å². The number of benzene rings is 2. The number of nitrogens with one attached hydrogen (secondary N) is 1. The molecule has 1 aliphatic heterocycles. The predicted molar refractivity (Wildman–Crippen MR) is 141 cm³/mol. The van der Waals surface area contributed by atoms with Crippen molar-refractivity contribution in [2.45, 2.75) is 50.9 Å². The summed E-state index contributed by atoms with van der Waals surface area (Å²) in [6.07, 6.45) is 10.8. The molecule has 0 amide bonds. The Bertz CT molecular complexity index is 1370. The van der Waals surface area contributed by atoms with Crippen molar-refractivity contribution in [3.8, 4) is 11.5 Å². The van der Waals surface area contributed by atoms with E-state index in [1.54, 1.807) is 6.26 Å². The van der Waals surface area contributed by atoms with Gasteiger partial charge in [0.2, 0.25) is 11.8 Å². The third-order valence-corrected chi connectivity index (χ3v) is 7.85. The molecule has 1 atom stereocenters. The van der Waals surface area contributed by atoms with Crippen LogP contribution in [0.2, 0.25) is 0 Å². The molecule has 3 heterocycles. The number of furan rings is 1. The summed E-state index contributed by atoms with van der Waals surface area (Å²) in [6.45, 7) is 3.36. The first-order valence-corrected chi connectivity index (χ1v) is 13.2. The van der Waals surface area contributed by atoms with Gasteiger partial charge in [0.25, 0.3) is 0 Å². The highest BCUT2D eigenvalue weighted by Gasteiger charge is 2.28. The van der Waals surface area contributed by atoms with E-state index in [0.29, 0.717) is 22.9 Å². The van der Waals surface area contributed by atoms with Crippen LogP contribution in [0.3, 0.4) is 0 Å². The maximum Gasteiger partial charge on any atom is 0.247 e. The van der Waals surface area contributed by atoms with Gasteiger partial charge in [-0.15, -0.1) is 10.2 Å². The largest absolute Gasteiger partial charge is 0.464 e. The number of anilines is 1. The minimum absolute atomic E-state index is 0.275. The minimum Gasteiger partial charge on any atom is -0.464 e. The van der Waals surface area contributed by atoms with E-state index < -0.39 is 0 Å². The fraction of sp³-hybridized carbons (Fsp3) is 0.414. The van der Waals surface area contributed by atoms with Gasteiger partial charge in [-0.05, 0) is 80.6 Å². The fourth-order valence-corrected chi connectivity index (χ4v) is 5.86. The lowest BCUT2D eigenvalue weighted by Gasteiger charge is -2.34. The number of nitrogens with two attached hydrogens (primary N) is 1. The molecule has 2 aliphatic rings. The van der Waals surface area contributed by atoms with Crippen LogP contribution in [0.15, 0.2) is 57.6 Å². The third kappa shape index (κ3) is 4.67. The molecule has 7 heteroatoms. The SMILES string of the molecule is N=C(c1ccc2occc2c1)c1cc(-c2nnc([C@@H]3CCCN(CC4CCCCC4)C3)o2)ccc1N. The molecule has 4 aromatic rings. The van der Waals surface area contributed by atoms with Crippen LogP contribution in [-0.4, -0.2) is 40.4 Å². The van der Waals surface area contributed by atoms with Crippen molar-refractivity contribution in [1.82, 2.24) is 15.1 Å². The quantitative estimate of drug-likeness (QED) is 0.248. The van der Waals surface area contributed by atoms with Crippen molar-refractivity contribution in [1.29, 1.82) is 5.41 Å². The number of hydrogen-bond acceptors (Lipinski definition) is 7.